The third-order valence-corrected chi connectivity index (χ3v) is 5.28. The summed E-state index contributed by atoms with van der Waals surface area (Å²) in [4.78, 5) is 19.5. The summed E-state index contributed by atoms with van der Waals surface area (Å²) in [6, 6.07) is 9.54. The molecule has 1 aliphatic heterocycles. The predicted octanol–water partition coefficient (Wildman–Crippen LogP) is 2.93. The van der Waals surface area contributed by atoms with Crippen molar-refractivity contribution in [2.75, 3.05) is 6.54 Å². The minimum absolute atomic E-state index is 0.0358. The van der Waals surface area contributed by atoms with Crippen LogP contribution in [0.2, 0.25) is 0 Å². The van der Waals surface area contributed by atoms with Crippen molar-refractivity contribution >= 4 is 5.91 Å². The van der Waals surface area contributed by atoms with E-state index in [9.17, 15) is 4.79 Å². The van der Waals surface area contributed by atoms with Crippen molar-refractivity contribution in [3.8, 4) is 11.4 Å². The molecule has 0 radical (unpaired) electrons. The second kappa shape index (κ2) is 6.09. The number of carbonyl (C=O) groups excluding carboxylic acids is 1. The van der Waals surface area contributed by atoms with Crippen molar-refractivity contribution in [3.63, 3.8) is 0 Å². The molecule has 1 fully saturated rings. The molecule has 1 aliphatic carbocycles. The van der Waals surface area contributed by atoms with E-state index in [0.717, 1.165) is 48.9 Å². The zero-order valence-corrected chi connectivity index (χ0v) is 14.3. The topological polar surface area (TPSA) is 87.9 Å². The average Bonchev–Trinajstić information content (AvgIpc) is 3.45. The number of aryl methyl sites for hydroxylation is 1. The molecule has 7 heteroatoms. The summed E-state index contributed by atoms with van der Waals surface area (Å²) in [5, 5.41) is 11.4. The van der Waals surface area contributed by atoms with Gasteiger partial charge in [-0.05, 0) is 32.1 Å². The second-order valence-corrected chi connectivity index (χ2v) is 6.86. The molecule has 0 bridgehead atoms. The lowest BCUT2D eigenvalue weighted by molar-refractivity contribution is 0.0703. The molecule has 3 aromatic rings. The molecule has 1 atom stereocenters. The zero-order valence-electron chi connectivity index (χ0n) is 14.3. The van der Waals surface area contributed by atoms with Crippen molar-refractivity contribution in [2.24, 2.45) is 0 Å². The molecule has 3 heterocycles. The van der Waals surface area contributed by atoms with Crippen LogP contribution in [0.25, 0.3) is 11.4 Å². The van der Waals surface area contributed by atoms with E-state index >= 15 is 0 Å². The van der Waals surface area contributed by atoms with Crippen LogP contribution in [0.5, 0.6) is 0 Å². The Bertz CT molecular complexity index is 946. The molecular formula is C19H19N5O2. The number of aromatic amines is 1. The van der Waals surface area contributed by atoms with Crippen LogP contribution in [-0.4, -0.2) is 37.7 Å². The second-order valence-electron chi connectivity index (χ2n) is 6.86. The number of fused-ring (bicyclic) bond motifs is 1. The fraction of sp³-hybridized carbons (Fsp3) is 0.368. The molecule has 132 valence electrons. The number of benzene rings is 1. The normalized spacial score (nSPS) is 19.1. The Morgan fingerprint density at radius 1 is 1.19 bits per heavy atom. The van der Waals surface area contributed by atoms with E-state index in [1.807, 2.05) is 35.2 Å². The molecule has 1 amide bonds. The van der Waals surface area contributed by atoms with Gasteiger partial charge in [0.1, 0.15) is 6.04 Å². The maximum absolute atomic E-state index is 13.1. The molecule has 5 rings (SSSR count). The number of hydrogen-bond acceptors (Lipinski definition) is 5. The van der Waals surface area contributed by atoms with E-state index in [-0.39, 0.29) is 11.9 Å². The highest BCUT2D eigenvalue weighted by Crippen LogP contribution is 2.34. The largest absolute Gasteiger partial charge is 0.337 e. The van der Waals surface area contributed by atoms with Crippen molar-refractivity contribution < 1.29 is 9.32 Å². The highest BCUT2D eigenvalue weighted by atomic mass is 16.5. The molecule has 2 aromatic heterocycles. The van der Waals surface area contributed by atoms with Gasteiger partial charge in [-0.15, -0.1) is 0 Å². The van der Waals surface area contributed by atoms with Gasteiger partial charge in [-0.1, -0.05) is 35.5 Å². The minimum Gasteiger partial charge on any atom is -0.337 e. The van der Waals surface area contributed by atoms with Gasteiger partial charge in [0.2, 0.25) is 11.7 Å². The van der Waals surface area contributed by atoms with E-state index < -0.39 is 0 Å². The number of rotatable bonds is 3. The Labute approximate surface area is 150 Å². The molecule has 1 aromatic carbocycles. The molecule has 7 nitrogen and oxygen atoms in total. The molecule has 0 unspecified atom stereocenters. The first-order valence-electron chi connectivity index (χ1n) is 9.07. The van der Waals surface area contributed by atoms with Gasteiger partial charge in [0, 0.05) is 23.4 Å². The number of carbonyl (C=O) groups is 1. The maximum atomic E-state index is 13.1. The van der Waals surface area contributed by atoms with Crippen LogP contribution in [0.4, 0.5) is 0 Å². The molecule has 0 saturated carbocycles. The van der Waals surface area contributed by atoms with Gasteiger partial charge >= 0.3 is 0 Å². The number of H-pyrrole nitrogens is 1. The maximum Gasteiger partial charge on any atom is 0.275 e. The minimum atomic E-state index is -0.179. The van der Waals surface area contributed by atoms with E-state index in [1.54, 1.807) is 0 Å². The molecule has 2 aliphatic rings. The monoisotopic (exact) mass is 349 g/mol. The fourth-order valence-electron chi connectivity index (χ4n) is 3.97. The Hall–Kier alpha value is -2.96. The van der Waals surface area contributed by atoms with Crippen LogP contribution >= 0.6 is 0 Å². The van der Waals surface area contributed by atoms with E-state index in [0.29, 0.717) is 24.0 Å². The highest BCUT2D eigenvalue weighted by molar-refractivity contribution is 5.94. The Morgan fingerprint density at radius 3 is 2.96 bits per heavy atom. The Balaban J connectivity index is 1.42. The quantitative estimate of drug-likeness (QED) is 0.785. The third-order valence-electron chi connectivity index (χ3n) is 5.28. The van der Waals surface area contributed by atoms with Crippen molar-refractivity contribution in [2.45, 2.75) is 38.1 Å². The van der Waals surface area contributed by atoms with Crippen molar-refractivity contribution in [3.05, 3.63) is 53.2 Å². The van der Waals surface area contributed by atoms with Gasteiger partial charge in [0.05, 0.1) is 0 Å². The summed E-state index contributed by atoms with van der Waals surface area (Å²) in [6.45, 7) is 0.689. The van der Waals surface area contributed by atoms with Gasteiger partial charge < -0.3 is 9.42 Å². The van der Waals surface area contributed by atoms with Crippen LogP contribution in [0.15, 0.2) is 34.9 Å². The van der Waals surface area contributed by atoms with Gasteiger partial charge in [-0.25, -0.2) is 0 Å². The molecule has 0 spiro atoms. The predicted molar refractivity (Wildman–Crippen MR) is 93.4 cm³/mol. The average molecular weight is 349 g/mol. The standard InChI is InChI=1S/C19H19N5O2/c25-19(16-13-8-4-9-14(13)21-22-16)24-11-5-10-15(24)18-20-17(23-26-18)12-6-2-1-3-7-12/h1-3,6-7,15H,4-5,8-11H2,(H,21,22)/t15-/m0/s1. The van der Waals surface area contributed by atoms with Crippen molar-refractivity contribution in [1.82, 2.24) is 25.2 Å². The lowest BCUT2D eigenvalue weighted by Gasteiger charge is -2.21. The van der Waals surface area contributed by atoms with Crippen LogP contribution in [0.1, 0.15) is 52.9 Å². The first-order valence-corrected chi connectivity index (χ1v) is 9.07. The lowest BCUT2D eigenvalue weighted by Crippen LogP contribution is -2.31. The number of nitrogens with one attached hydrogen (secondary N) is 1. The van der Waals surface area contributed by atoms with Gasteiger partial charge in [-0.2, -0.15) is 10.1 Å². The summed E-state index contributed by atoms with van der Waals surface area (Å²) in [6.07, 6.45) is 4.73. The van der Waals surface area contributed by atoms with Crippen LogP contribution in [0.3, 0.4) is 0 Å². The first kappa shape index (κ1) is 15.3. The molecule has 1 N–H and O–H groups in total. The first-order chi connectivity index (χ1) is 12.8. The SMILES string of the molecule is O=C(c1n[nH]c2c1CCC2)N1CCC[C@H]1c1nc(-c2ccccc2)no1. The van der Waals surface area contributed by atoms with Gasteiger partial charge in [0.25, 0.3) is 5.91 Å². The van der Waals surface area contributed by atoms with Gasteiger partial charge in [0.15, 0.2) is 5.69 Å². The van der Waals surface area contributed by atoms with Crippen molar-refractivity contribution in [1.29, 1.82) is 0 Å². The smallest absolute Gasteiger partial charge is 0.275 e. The zero-order chi connectivity index (χ0) is 17.5. The summed E-state index contributed by atoms with van der Waals surface area (Å²) in [7, 11) is 0. The number of amides is 1. The number of aromatic nitrogens is 4. The third kappa shape index (κ3) is 2.42. The van der Waals surface area contributed by atoms with E-state index in [1.165, 1.54) is 0 Å². The molecule has 1 saturated heterocycles. The van der Waals surface area contributed by atoms with Crippen LogP contribution in [0, 0.1) is 0 Å². The number of nitrogens with zero attached hydrogens (tertiary/aromatic N) is 4. The van der Waals surface area contributed by atoms with Crippen LogP contribution in [-0.2, 0) is 12.8 Å². The van der Waals surface area contributed by atoms with Gasteiger partial charge in [-0.3, -0.25) is 9.89 Å². The number of hydrogen-bond donors (Lipinski definition) is 1. The Kier molecular flexibility index (Phi) is 3.58. The molecule has 26 heavy (non-hydrogen) atoms. The highest BCUT2D eigenvalue weighted by Gasteiger charge is 2.37. The summed E-state index contributed by atoms with van der Waals surface area (Å²) < 4.78 is 5.51. The van der Waals surface area contributed by atoms with Crippen LogP contribution < -0.4 is 0 Å². The summed E-state index contributed by atoms with van der Waals surface area (Å²) >= 11 is 0. The van der Waals surface area contributed by atoms with E-state index in [2.05, 4.69) is 20.3 Å². The Morgan fingerprint density at radius 2 is 2.08 bits per heavy atom. The summed E-state index contributed by atoms with van der Waals surface area (Å²) in [5.74, 6) is 1.02. The fourth-order valence-corrected chi connectivity index (χ4v) is 3.97. The number of likely N-dealkylation sites (tertiary alicyclic amines) is 1. The van der Waals surface area contributed by atoms with E-state index in [4.69, 9.17) is 4.52 Å². The lowest BCUT2D eigenvalue weighted by atomic mass is 10.1. The summed E-state index contributed by atoms with van der Waals surface area (Å²) in [5.41, 5.74) is 3.65. The molecular weight excluding hydrogens is 330 g/mol.